The topological polar surface area (TPSA) is 173 Å². The molecule has 3 aromatic carbocycles. The van der Waals surface area contributed by atoms with Crippen LogP contribution in [0, 0.1) is 26.7 Å². The number of benzene rings is 3. The van der Waals surface area contributed by atoms with E-state index < -0.39 is 32.2 Å². The van der Waals surface area contributed by atoms with Crippen molar-refractivity contribution in [3.05, 3.63) is 81.9 Å². The van der Waals surface area contributed by atoms with E-state index in [1.165, 1.54) is 60.4 Å². The average molecular weight is 699 g/mol. The molecule has 1 saturated carbocycles. The molecule has 14 heteroatoms. The van der Waals surface area contributed by atoms with E-state index in [1.807, 2.05) is 15.5 Å². The van der Waals surface area contributed by atoms with Gasteiger partial charge in [0, 0.05) is 5.92 Å². The first kappa shape index (κ1) is 35.0. The number of carbonyl (C=O) groups excluding carboxylic acids is 2. The highest BCUT2D eigenvalue weighted by molar-refractivity contribution is 7.92. The van der Waals surface area contributed by atoms with Crippen LogP contribution in [0.15, 0.2) is 48.5 Å². The number of rotatable bonds is 6. The molecule has 3 aromatic rings. The quantitative estimate of drug-likeness (QED) is 0.294. The fourth-order valence-corrected chi connectivity index (χ4v) is 9.34. The maximum absolute atomic E-state index is 12.0. The Balaban J connectivity index is 0.000000190. The lowest BCUT2D eigenvalue weighted by atomic mass is 9.85. The van der Waals surface area contributed by atoms with Crippen molar-refractivity contribution >= 4 is 43.6 Å². The van der Waals surface area contributed by atoms with Gasteiger partial charge in [-0.1, -0.05) is 68.9 Å². The molecule has 12 nitrogen and oxygen atoms in total. The van der Waals surface area contributed by atoms with E-state index in [4.69, 9.17) is 0 Å². The van der Waals surface area contributed by atoms with E-state index in [0.29, 0.717) is 5.92 Å². The summed E-state index contributed by atoms with van der Waals surface area (Å²) < 4.78 is 53.1. The summed E-state index contributed by atoms with van der Waals surface area (Å²) in [5.41, 5.74) is 6.86. The van der Waals surface area contributed by atoms with Crippen LogP contribution in [0.2, 0.25) is 0 Å². The third kappa shape index (κ3) is 7.54. The molecule has 0 bridgehead atoms. The summed E-state index contributed by atoms with van der Waals surface area (Å²) in [5, 5.41) is 20.6. The molecule has 1 unspecified atom stereocenters. The van der Waals surface area contributed by atoms with Gasteiger partial charge in [-0.15, -0.1) is 0 Å². The van der Waals surface area contributed by atoms with Gasteiger partial charge in [-0.3, -0.25) is 9.59 Å². The molecule has 258 valence electrons. The molecule has 4 N–H and O–H groups in total. The third-order valence-electron chi connectivity index (χ3n) is 9.14. The normalized spacial score (nSPS) is 19.3. The highest BCUT2D eigenvalue weighted by atomic mass is 32.2. The minimum absolute atomic E-state index is 0.0329. The van der Waals surface area contributed by atoms with Gasteiger partial charge in [0.25, 0.3) is 11.8 Å². The Morgan fingerprint density at radius 3 is 1.71 bits per heavy atom. The van der Waals surface area contributed by atoms with Gasteiger partial charge in [-0.25, -0.2) is 18.1 Å². The third-order valence-corrected chi connectivity index (χ3v) is 11.9. The predicted molar refractivity (Wildman–Crippen MR) is 183 cm³/mol. The van der Waals surface area contributed by atoms with Crippen molar-refractivity contribution in [2.75, 3.05) is 21.7 Å². The number of nitrogens with zero attached hydrogens (tertiary/aromatic N) is 2. The number of aryl methyl sites for hydroxylation is 3. The van der Waals surface area contributed by atoms with Crippen LogP contribution in [-0.4, -0.2) is 52.0 Å². The molecule has 2 heterocycles. The van der Waals surface area contributed by atoms with Gasteiger partial charge in [-0.05, 0) is 85.2 Å². The van der Waals surface area contributed by atoms with Crippen LogP contribution in [0.1, 0.15) is 78.3 Å². The Hall–Kier alpha value is -4.30. The summed E-state index contributed by atoms with van der Waals surface area (Å²) in [7, 11) is -7.82. The Bertz CT molecular complexity index is 1930. The molecule has 2 aliphatic heterocycles. The largest absolute Gasteiger partial charge is 0.506 e. The zero-order chi connectivity index (χ0) is 35.0. The minimum Gasteiger partial charge on any atom is -0.506 e. The first-order valence-corrected chi connectivity index (χ1v) is 18.8. The molecule has 2 amide bonds. The summed E-state index contributed by atoms with van der Waals surface area (Å²) in [6.07, 6.45) is 7.14. The second-order valence-corrected chi connectivity index (χ2v) is 16.1. The van der Waals surface area contributed by atoms with Crippen molar-refractivity contribution in [3.8, 4) is 11.5 Å². The van der Waals surface area contributed by atoms with Gasteiger partial charge >= 0.3 is 20.4 Å². The van der Waals surface area contributed by atoms with Crippen molar-refractivity contribution < 1.29 is 36.6 Å². The highest BCUT2D eigenvalue weighted by Crippen LogP contribution is 2.37. The van der Waals surface area contributed by atoms with Gasteiger partial charge in [-0.2, -0.15) is 16.8 Å². The summed E-state index contributed by atoms with van der Waals surface area (Å²) in [4.78, 5) is 22.7. The zero-order valence-corrected chi connectivity index (χ0v) is 29.1. The molecule has 3 aliphatic rings. The van der Waals surface area contributed by atoms with E-state index in [2.05, 4.69) is 39.8 Å². The lowest BCUT2D eigenvalue weighted by molar-refractivity contribution is -0.118. The van der Waals surface area contributed by atoms with Crippen molar-refractivity contribution in [2.45, 2.75) is 72.1 Å². The lowest BCUT2D eigenvalue weighted by Crippen LogP contribution is -2.29. The Labute approximate surface area is 282 Å². The molecular formula is C34H42N4O8S2. The SMILES string of the molecule is Cc1cc(C)c(C(C)c2ccc(N3CC(=O)NS3(=O)=O)c(O)c2)c(C)c1.O=C1CN(c2ccc(CC3CCCCC3)cc2O)S(=O)(=O)N1. The first-order chi connectivity index (χ1) is 22.6. The zero-order valence-electron chi connectivity index (χ0n) is 27.5. The number of phenols is 2. The maximum Gasteiger partial charge on any atom is 0.326 e. The fraction of sp³-hybridized carbons (Fsp3) is 0.412. The highest BCUT2D eigenvalue weighted by Gasteiger charge is 2.36. The summed E-state index contributed by atoms with van der Waals surface area (Å²) in [6, 6.07) is 14.2. The fourth-order valence-electron chi connectivity index (χ4n) is 7.02. The summed E-state index contributed by atoms with van der Waals surface area (Å²) in [6.45, 7) is 7.61. The monoisotopic (exact) mass is 698 g/mol. The number of carbonyl (C=O) groups is 2. The Morgan fingerprint density at radius 1 is 0.750 bits per heavy atom. The molecule has 1 atom stereocenters. The van der Waals surface area contributed by atoms with Crippen LogP contribution in [0.3, 0.4) is 0 Å². The van der Waals surface area contributed by atoms with Crippen LogP contribution < -0.4 is 18.1 Å². The lowest BCUT2D eigenvalue weighted by Gasteiger charge is -2.22. The molecule has 2 saturated heterocycles. The van der Waals surface area contributed by atoms with E-state index >= 15 is 0 Å². The van der Waals surface area contributed by atoms with Crippen molar-refractivity contribution in [1.82, 2.24) is 9.44 Å². The van der Waals surface area contributed by atoms with Gasteiger partial charge < -0.3 is 10.2 Å². The number of aromatic hydroxyl groups is 2. The van der Waals surface area contributed by atoms with Crippen LogP contribution in [0.5, 0.6) is 11.5 Å². The average Bonchev–Trinajstić information content (AvgIpc) is 3.43. The number of nitrogens with one attached hydrogen (secondary N) is 2. The Kier molecular flexibility index (Phi) is 9.97. The van der Waals surface area contributed by atoms with Crippen LogP contribution in [0.25, 0.3) is 0 Å². The van der Waals surface area contributed by atoms with Gasteiger partial charge in [0.2, 0.25) is 0 Å². The molecular weight excluding hydrogens is 657 g/mol. The summed E-state index contributed by atoms with van der Waals surface area (Å²) in [5.74, 6) is -0.813. The molecule has 1 aliphatic carbocycles. The predicted octanol–water partition coefficient (Wildman–Crippen LogP) is 4.35. The van der Waals surface area contributed by atoms with Gasteiger partial charge in [0.1, 0.15) is 24.6 Å². The van der Waals surface area contributed by atoms with E-state index in [-0.39, 0.29) is 41.9 Å². The molecule has 48 heavy (non-hydrogen) atoms. The summed E-state index contributed by atoms with van der Waals surface area (Å²) >= 11 is 0. The van der Waals surface area contributed by atoms with Crippen LogP contribution >= 0.6 is 0 Å². The molecule has 0 radical (unpaired) electrons. The number of hydrogen-bond acceptors (Lipinski definition) is 8. The number of anilines is 2. The molecule has 6 rings (SSSR count). The standard InChI is InChI=1S/C19H22N2O4S.C15H20N2O4S/c1-11-7-12(2)19(13(3)8-11)14(4)15-5-6-16(17(22)9-15)21-10-18(23)20-26(21,24)25;18-14-9-12(8-11-4-2-1-3-5-11)6-7-13(14)17-10-15(19)16-22(17,20)21/h5-9,14,22H,10H2,1-4H3,(H,20,23);6-7,9,11,18H,1-5,8,10H2,(H,16,19). The van der Waals surface area contributed by atoms with E-state index in [1.54, 1.807) is 24.3 Å². The van der Waals surface area contributed by atoms with Gasteiger partial charge in [0.15, 0.2) is 0 Å². The number of amides is 2. The second-order valence-electron chi connectivity index (χ2n) is 12.9. The smallest absolute Gasteiger partial charge is 0.326 e. The van der Waals surface area contributed by atoms with Crippen molar-refractivity contribution in [3.63, 3.8) is 0 Å². The van der Waals surface area contributed by atoms with Crippen LogP contribution in [-0.2, 0) is 36.4 Å². The first-order valence-electron chi connectivity index (χ1n) is 15.9. The molecule has 3 fully saturated rings. The molecule has 0 spiro atoms. The number of phenolic OH excluding ortho intramolecular Hbond substituents is 2. The van der Waals surface area contributed by atoms with Gasteiger partial charge in [0.05, 0.1) is 11.4 Å². The second kappa shape index (κ2) is 13.7. The van der Waals surface area contributed by atoms with Crippen LogP contribution in [0.4, 0.5) is 11.4 Å². The van der Waals surface area contributed by atoms with E-state index in [0.717, 1.165) is 26.2 Å². The Morgan fingerprint density at radius 2 is 1.25 bits per heavy atom. The van der Waals surface area contributed by atoms with Crippen molar-refractivity contribution in [2.24, 2.45) is 5.92 Å². The van der Waals surface area contributed by atoms with E-state index in [9.17, 15) is 36.6 Å². The maximum atomic E-state index is 12.0. The van der Waals surface area contributed by atoms with Crippen molar-refractivity contribution in [1.29, 1.82) is 0 Å². The number of hydrogen-bond donors (Lipinski definition) is 4. The molecule has 0 aromatic heterocycles. The minimum atomic E-state index is -3.94.